The third-order valence-corrected chi connectivity index (χ3v) is 13.3. The summed E-state index contributed by atoms with van der Waals surface area (Å²) in [5, 5.41) is 9.00. The predicted molar refractivity (Wildman–Crippen MR) is 194 cm³/mol. The topological polar surface area (TPSA) is 165 Å². The lowest BCUT2D eigenvalue weighted by atomic mass is 9.93. The van der Waals surface area contributed by atoms with E-state index >= 15 is 0 Å². The Balaban J connectivity index is 0.000000296. The van der Waals surface area contributed by atoms with Gasteiger partial charge in [0.1, 0.15) is 15.8 Å². The SMILES string of the molecule is CC(C(=O)Nc1cc(C(C)(C)C)on1)S(=O)(=O)c1ccc(C(F)(F)F)cc1.CC(C)(C)c1csc(NC(=O)C(C)(C)S(=O)(=O)c2ccc(C(F)(F)F)cc2)n1. The fourth-order valence-corrected chi connectivity index (χ4v) is 7.83. The van der Waals surface area contributed by atoms with Crippen LogP contribution in [0.2, 0.25) is 0 Å². The van der Waals surface area contributed by atoms with E-state index in [-0.39, 0.29) is 31.6 Å². The van der Waals surface area contributed by atoms with E-state index in [0.29, 0.717) is 30.0 Å². The first-order valence-corrected chi connectivity index (χ1v) is 20.1. The summed E-state index contributed by atoms with van der Waals surface area (Å²) in [7, 11) is -8.42. The molecule has 0 spiro atoms. The van der Waals surface area contributed by atoms with Crippen LogP contribution in [0.15, 0.2) is 74.3 Å². The Hall–Kier alpha value is -4.30. The number of alkyl halides is 6. The first-order valence-electron chi connectivity index (χ1n) is 16.2. The van der Waals surface area contributed by atoms with Crippen molar-refractivity contribution in [3.8, 4) is 0 Å². The number of thiazole rings is 1. The van der Waals surface area contributed by atoms with Crippen LogP contribution in [-0.4, -0.2) is 48.8 Å². The van der Waals surface area contributed by atoms with Gasteiger partial charge < -0.3 is 15.2 Å². The van der Waals surface area contributed by atoms with E-state index in [1.807, 2.05) is 41.5 Å². The maximum Gasteiger partial charge on any atom is 0.416 e. The monoisotopic (exact) mass is 838 g/mol. The molecule has 302 valence electrons. The summed E-state index contributed by atoms with van der Waals surface area (Å²) in [4.78, 5) is 28.5. The second-order valence-corrected chi connectivity index (χ2v) is 20.4. The Morgan fingerprint density at radius 1 is 0.727 bits per heavy atom. The van der Waals surface area contributed by atoms with E-state index in [4.69, 9.17) is 4.52 Å². The summed E-state index contributed by atoms with van der Waals surface area (Å²) in [6.45, 7) is 15.0. The molecule has 2 heterocycles. The number of sulfone groups is 2. The highest BCUT2D eigenvalue weighted by molar-refractivity contribution is 7.93. The van der Waals surface area contributed by atoms with Gasteiger partial charge in [-0.05, 0) is 69.3 Å². The zero-order valence-electron chi connectivity index (χ0n) is 31.1. The lowest BCUT2D eigenvalue weighted by Gasteiger charge is -2.23. The zero-order valence-corrected chi connectivity index (χ0v) is 33.5. The van der Waals surface area contributed by atoms with Gasteiger partial charge in [-0.25, -0.2) is 21.8 Å². The number of rotatable bonds is 8. The molecule has 1 atom stereocenters. The summed E-state index contributed by atoms with van der Waals surface area (Å²) >= 11 is 1.17. The summed E-state index contributed by atoms with van der Waals surface area (Å²) in [5.41, 5.74) is -1.78. The van der Waals surface area contributed by atoms with E-state index in [1.165, 1.54) is 31.3 Å². The molecule has 0 saturated carbocycles. The van der Waals surface area contributed by atoms with Crippen LogP contribution in [0.4, 0.5) is 37.3 Å². The number of anilines is 2. The van der Waals surface area contributed by atoms with Crippen molar-refractivity contribution in [2.24, 2.45) is 0 Å². The summed E-state index contributed by atoms with van der Waals surface area (Å²) in [5.74, 6) is -1.14. The Morgan fingerprint density at radius 2 is 1.20 bits per heavy atom. The summed E-state index contributed by atoms with van der Waals surface area (Å²) < 4.78 is 130. The molecule has 0 fully saturated rings. The average molecular weight is 839 g/mol. The quantitative estimate of drug-likeness (QED) is 0.166. The van der Waals surface area contributed by atoms with Gasteiger partial charge in [0.05, 0.1) is 26.6 Å². The lowest BCUT2D eigenvalue weighted by Crippen LogP contribution is -2.44. The first-order chi connectivity index (χ1) is 24.8. The molecule has 20 heteroatoms. The smallest absolute Gasteiger partial charge is 0.359 e. The maximum absolute atomic E-state index is 12.9. The van der Waals surface area contributed by atoms with E-state index in [1.54, 1.807) is 5.38 Å². The third-order valence-electron chi connectivity index (χ3n) is 8.05. The van der Waals surface area contributed by atoms with Gasteiger partial charge in [-0.15, -0.1) is 11.3 Å². The molecular formula is C35H40F6N4O7S3. The van der Waals surface area contributed by atoms with Gasteiger partial charge in [-0.3, -0.25) is 9.59 Å². The van der Waals surface area contributed by atoms with E-state index < -0.39 is 65.0 Å². The van der Waals surface area contributed by atoms with Crippen LogP contribution in [0.1, 0.15) is 84.9 Å². The number of aromatic nitrogens is 2. The van der Waals surface area contributed by atoms with Crippen molar-refractivity contribution in [3.05, 3.63) is 82.6 Å². The molecule has 2 aromatic heterocycles. The molecular weight excluding hydrogens is 799 g/mol. The molecule has 0 aliphatic heterocycles. The van der Waals surface area contributed by atoms with Crippen molar-refractivity contribution in [2.75, 3.05) is 10.6 Å². The minimum Gasteiger partial charge on any atom is -0.359 e. The highest BCUT2D eigenvalue weighted by atomic mass is 32.2. The number of amides is 2. The molecule has 55 heavy (non-hydrogen) atoms. The molecule has 2 N–H and O–H groups in total. The third kappa shape index (κ3) is 10.7. The Morgan fingerprint density at radius 3 is 1.60 bits per heavy atom. The van der Waals surface area contributed by atoms with Crippen molar-refractivity contribution in [2.45, 2.75) is 105 Å². The number of benzene rings is 2. The summed E-state index contributed by atoms with van der Waals surface area (Å²) in [6.07, 6.45) is -9.16. The first kappa shape index (κ1) is 45.1. The zero-order chi connectivity index (χ0) is 42.2. The predicted octanol–water partition coefficient (Wildman–Crippen LogP) is 8.44. The number of nitrogens with one attached hydrogen (secondary N) is 2. The van der Waals surface area contributed by atoms with Gasteiger partial charge in [-0.2, -0.15) is 26.3 Å². The van der Waals surface area contributed by atoms with E-state index in [9.17, 15) is 52.8 Å². The number of hydrogen-bond acceptors (Lipinski definition) is 10. The molecule has 2 aromatic carbocycles. The molecule has 0 aliphatic carbocycles. The van der Waals surface area contributed by atoms with Crippen molar-refractivity contribution in [1.29, 1.82) is 0 Å². The van der Waals surface area contributed by atoms with Crippen molar-refractivity contribution >= 4 is 53.8 Å². The maximum atomic E-state index is 12.9. The molecule has 2 amide bonds. The molecule has 4 aromatic rings. The Bertz CT molecular complexity index is 2210. The van der Waals surface area contributed by atoms with Crippen molar-refractivity contribution < 1.29 is 57.3 Å². The fraction of sp³-hybridized carbons (Fsp3) is 0.429. The summed E-state index contributed by atoms with van der Waals surface area (Å²) in [6, 6.07) is 7.52. The molecule has 0 bridgehead atoms. The van der Waals surface area contributed by atoms with Gasteiger partial charge in [0, 0.05) is 22.3 Å². The standard InChI is InChI=1S/C18H21F3N2O3S2.C17H19F3N2O4S/c1-16(2,3)13-10-27-15(22-13)23-14(24)17(4,5)28(25,26)12-8-6-11(7-9-12)18(19,20)21;1-10(15(23)21-14-9-13(26-22-14)16(2,3)4)27(24,25)12-7-5-11(6-8-12)17(18,19)20/h6-10H,1-5H3,(H,22,23,24);5-10H,1-4H3,(H,21,22,23). The van der Waals surface area contributed by atoms with Gasteiger partial charge in [-0.1, -0.05) is 46.7 Å². The highest BCUT2D eigenvalue weighted by Gasteiger charge is 2.44. The van der Waals surface area contributed by atoms with Crippen LogP contribution in [0, 0.1) is 0 Å². The molecule has 0 saturated heterocycles. The van der Waals surface area contributed by atoms with Crippen LogP contribution < -0.4 is 10.6 Å². The van der Waals surface area contributed by atoms with Gasteiger partial charge in [0.25, 0.3) is 0 Å². The highest BCUT2D eigenvalue weighted by Crippen LogP contribution is 2.34. The fourth-order valence-electron chi connectivity index (χ4n) is 4.26. The van der Waals surface area contributed by atoms with Crippen LogP contribution in [-0.2, 0) is 52.4 Å². The van der Waals surface area contributed by atoms with Crippen LogP contribution >= 0.6 is 11.3 Å². The minimum atomic E-state index is -4.58. The normalized spacial score (nSPS) is 13.7. The number of hydrogen-bond donors (Lipinski definition) is 2. The largest absolute Gasteiger partial charge is 0.416 e. The van der Waals surface area contributed by atoms with Gasteiger partial charge in [0.15, 0.2) is 30.6 Å². The lowest BCUT2D eigenvalue weighted by molar-refractivity contribution is -0.138. The second-order valence-electron chi connectivity index (χ2n) is 14.8. The second kappa shape index (κ2) is 15.7. The number of carbonyl (C=O) groups is 2. The van der Waals surface area contributed by atoms with Crippen LogP contribution in [0.3, 0.4) is 0 Å². The van der Waals surface area contributed by atoms with E-state index in [0.717, 1.165) is 36.9 Å². The molecule has 1 unspecified atom stereocenters. The molecule has 11 nitrogen and oxygen atoms in total. The number of carbonyl (C=O) groups excluding carboxylic acids is 2. The molecule has 4 rings (SSSR count). The Kier molecular flexibility index (Phi) is 12.9. The van der Waals surface area contributed by atoms with Crippen LogP contribution in [0.25, 0.3) is 0 Å². The minimum absolute atomic E-state index is 0.0550. The molecule has 0 aliphatic rings. The van der Waals surface area contributed by atoms with Crippen molar-refractivity contribution in [3.63, 3.8) is 0 Å². The Labute approximate surface area is 318 Å². The number of nitrogens with zero attached hydrogens (tertiary/aromatic N) is 2. The molecule has 0 radical (unpaired) electrons. The van der Waals surface area contributed by atoms with Gasteiger partial charge >= 0.3 is 12.4 Å². The van der Waals surface area contributed by atoms with Crippen LogP contribution in [0.5, 0.6) is 0 Å². The van der Waals surface area contributed by atoms with E-state index in [2.05, 4.69) is 20.8 Å². The van der Waals surface area contributed by atoms with Gasteiger partial charge in [0.2, 0.25) is 11.8 Å². The number of halogens is 6. The van der Waals surface area contributed by atoms with Crippen molar-refractivity contribution in [1.82, 2.24) is 10.1 Å². The average Bonchev–Trinajstić information content (AvgIpc) is 3.74.